The second-order valence-corrected chi connectivity index (χ2v) is 2.66. The zero-order valence-electron chi connectivity index (χ0n) is 6.89. The highest BCUT2D eigenvalue weighted by molar-refractivity contribution is 5.87. The van der Waals surface area contributed by atoms with Crippen molar-refractivity contribution in [1.29, 1.82) is 5.26 Å². The van der Waals surface area contributed by atoms with Crippen LogP contribution in [0.5, 0.6) is 0 Å². The minimum Gasteiger partial charge on any atom is -0.278 e. The van der Waals surface area contributed by atoms with Gasteiger partial charge in [-0.1, -0.05) is 0 Å². The van der Waals surface area contributed by atoms with Crippen LogP contribution in [0.2, 0.25) is 0 Å². The third-order valence-corrected chi connectivity index (χ3v) is 1.91. The summed E-state index contributed by atoms with van der Waals surface area (Å²) in [5.41, 5.74) is 0.467. The highest BCUT2D eigenvalue weighted by Gasteiger charge is 2.16. The molecule has 0 fully saturated rings. The molecule has 6 nitrogen and oxygen atoms in total. The third kappa shape index (κ3) is 0.998. The lowest BCUT2D eigenvalue weighted by atomic mass is 10.1. The molecule has 0 saturated heterocycles. The molecule has 14 heavy (non-hydrogen) atoms. The van der Waals surface area contributed by atoms with E-state index >= 15 is 0 Å². The van der Waals surface area contributed by atoms with E-state index < -0.39 is 4.92 Å². The molecule has 0 atom stereocenters. The maximum absolute atomic E-state index is 10.6. The van der Waals surface area contributed by atoms with Crippen molar-refractivity contribution in [3.8, 4) is 6.07 Å². The van der Waals surface area contributed by atoms with Crippen molar-refractivity contribution >= 4 is 16.6 Å². The average Bonchev–Trinajstić information content (AvgIpc) is 2.63. The molecule has 0 bridgehead atoms. The molecule has 0 radical (unpaired) electrons. The number of nitro benzene ring substituents is 1. The number of nitriles is 1. The van der Waals surface area contributed by atoms with Crippen LogP contribution in [0, 0.1) is 21.4 Å². The fourth-order valence-electron chi connectivity index (χ4n) is 1.28. The first-order valence-electron chi connectivity index (χ1n) is 3.74. The van der Waals surface area contributed by atoms with Crippen molar-refractivity contribution in [1.82, 2.24) is 10.2 Å². The van der Waals surface area contributed by atoms with Crippen molar-refractivity contribution < 1.29 is 4.92 Å². The van der Waals surface area contributed by atoms with E-state index in [9.17, 15) is 10.1 Å². The number of H-pyrrole nitrogens is 1. The fourth-order valence-corrected chi connectivity index (χ4v) is 1.28. The Labute approximate surface area is 77.9 Å². The minimum atomic E-state index is -0.578. The normalized spacial score (nSPS) is 9.93. The number of fused-ring (bicyclic) bond motifs is 1. The Kier molecular flexibility index (Phi) is 1.65. The number of benzene rings is 1. The lowest BCUT2D eigenvalue weighted by molar-refractivity contribution is -0.385. The predicted molar refractivity (Wildman–Crippen MR) is 47.5 cm³/mol. The van der Waals surface area contributed by atoms with Gasteiger partial charge in [-0.15, -0.1) is 0 Å². The van der Waals surface area contributed by atoms with Gasteiger partial charge in [-0.3, -0.25) is 15.2 Å². The first kappa shape index (κ1) is 8.19. The van der Waals surface area contributed by atoms with Gasteiger partial charge in [0, 0.05) is 11.5 Å². The minimum absolute atomic E-state index is 0.0428. The van der Waals surface area contributed by atoms with Crippen LogP contribution >= 0.6 is 0 Å². The van der Waals surface area contributed by atoms with E-state index in [0.29, 0.717) is 10.9 Å². The highest BCUT2D eigenvalue weighted by Crippen LogP contribution is 2.25. The van der Waals surface area contributed by atoms with Crippen LogP contribution in [-0.4, -0.2) is 15.1 Å². The Morgan fingerprint density at radius 2 is 2.36 bits per heavy atom. The number of nitro groups is 1. The lowest BCUT2D eigenvalue weighted by Gasteiger charge is -1.94. The molecule has 2 rings (SSSR count). The van der Waals surface area contributed by atoms with E-state index in [-0.39, 0.29) is 11.3 Å². The second-order valence-electron chi connectivity index (χ2n) is 2.66. The van der Waals surface area contributed by atoms with E-state index in [1.807, 2.05) is 0 Å². The van der Waals surface area contributed by atoms with E-state index in [0.717, 1.165) is 0 Å². The number of hydrogen-bond acceptors (Lipinski definition) is 4. The summed E-state index contributed by atoms with van der Waals surface area (Å²) in [6.45, 7) is 0. The second kappa shape index (κ2) is 2.81. The maximum atomic E-state index is 10.6. The summed E-state index contributed by atoms with van der Waals surface area (Å²) >= 11 is 0. The van der Waals surface area contributed by atoms with Crippen molar-refractivity contribution in [2.75, 3.05) is 0 Å². The van der Waals surface area contributed by atoms with Crippen molar-refractivity contribution in [2.24, 2.45) is 0 Å². The van der Waals surface area contributed by atoms with Gasteiger partial charge < -0.3 is 0 Å². The van der Waals surface area contributed by atoms with Crippen LogP contribution in [-0.2, 0) is 0 Å². The molecule has 1 N–H and O–H groups in total. The quantitative estimate of drug-likeness (QED) is 0.539. The number of aromatic amines is 1. The summed E-state index contributed by atoms with van der Waals surface area (Å²) in [5.74, 6) is 0. The molecular weight excluding hydrogens is 184 g/mol. The zero-order valence-corrected chi connectivity index (χ0v) is 6.89. The van der Waals surface area contributed by atoms with Crippen LogP contribution in [0.25, 0.3) is 10.9 Å². The van der Waals surface area contributed by atoms with Gasteiger partial charge in [0.15, 0.2) is 0 Å². The molecule has 68 valence electrons. The highest BCUT2D eigenvalue weighted by atomic mass is 16.6. The first-order chi connectivity index (χ1) is 6.74. The fraction of sp³-hybridized carbons (Fsp3) is 0. The summed E-state index contributed by atoms with van der Waals surface area (Å²) in [4.78, 5) is 9.99. The first-order valence-corrected chi connectivity index (χ1v) is 3.74. The summed E-state index contributed by atoms with van der Waals surface area (Å²) in [6.07, 6.45) is 1.40. The number of rotatable bonds is 1. The lowest BCUT2D eigenvalue weighted by Crippen LogP contribution is -1.92. The van der Waals surface area contributed by atoms with Gasteiger partial charge in [0.25, 0.3) is 5.69 Å². The van der Waals surface area contributed by atoms with Gasteiger partial charge in [0.1, 0.15) is 11.6 Å². The number of hydrogen-bond donors (Lipinski definition) is 1. The van der Waals surface area contributed by atoms with Gasteiger partial charge in [-0.05, 0) is 6.07 Å². The van der Waals surface area contributed by atoms with Crippen molar-refractivity contribution in [3.63, 3.8) is 0 Å². The van der Waals surface area contributed by atoms with E-state index in [1.54, 1.807) is 6.07 Å². The molecule has 0 unspecified atom stereocenters. The standard InChI is InChI=1S/C8H4N4O2/c9-3-5-6-4-10-11-7(6)1-2-8(5)12(13)14/h1-2,4H,(H,10,11). The van der Waals surface area contributed by atoms with Gasteiger partial charge in [-0.25, -0.2) is 0 Å². The molecule has 6 heteroatoms. The summed E-state index contributed by atoms with van der Waals surface area (Å²) in [7, 11) is 0. The Hall–Kier alpha value is -2.42. The topological polar surface area (TPSA) is 95.6 Å². The molecule has 1 aromatic carbocycles. The van der Waals surface area contributed by atoms with Crippen molar-refractivity contribution in [2.45, 2.75) is 0 Å². The van der Waals surface area contributed by atoms with Crippen LogP contribution in [0.15, 0.2) is 18.3 Å². The van der Waals surface area contributed by atoms with Crippen LogP contribution in [0.1, 0.15) is 5.56 Å². The number of nitrogens with zero attached hydrogens (tertiary/aromatic N) is 3. The van der Waals surface area contributed by atoms with Crippen LogP contribution < -0.4 is 0 Å². The Morgan fingerprint density at radius 1 is 1.57 bits per heavy atom. The Balaban J connectivity index is 2.87. The summed E-state index contributed by atoms with van der Waals surface area (Å²) in [5, 5.41) is 26.2. The van der Waals surface area contributed by atoms with Gasteiger partial charge in [0.2, 0.25) is 0 Å². The summed E-state index contributed by atoms with van der Waals surface area (Å²) < 4.78 is 0. The largest absolute Gasteiger partial charge is 0.287 e. The SMILES string of the molecule is N#Cc1c([N+](=O)[O-])ccc2[nH]ncc12. The Morgan fingerprint density at radius 3 is 3.00 bits per heavy atom. The molecule has 0 aliphatic carbocycles. The monoisotopic (exact) mass is 188 g/mol. The zero-order chi connectivity index (χ0) is 10.1. The van der Waals surface area contributed by atoms with Crippen LogP contribution in [0.4, 0.5) is 5.69 Å². The average molecular weight is 188 g/mol. The molecule has 0 aliphatic rings. The van der Waals surface area contributed by atoms with E-state index in [2.05, 4.69) is 10.2 Å². The molecular formula is C8H4N4O2. The third-order valence-electron chi connectivity index (χ3n) is 1.91. The molecule has 0 amide bonds. The molecule has 1 aromatic heterocycles. The molecule has 0 spiro atoms. The van der Waals surface area contributed by atoms with E-state index in [4.69, 9.17) is 5.26 Å². The number of nitrogens with one attached hydrogen (secondary N) is 1. The maximum Gasteiger partial charge on any atom is 0.287 e. The molecule has 2 aromatic rings. The van der Waals surface area contributed by atoms with Gasteiger partial charge >= 0.3 is 0 Å². The molecule has 0 aliphatic heterocycles. The smallest absolute Gasteiger partial charge is 0.278 e. The van der Waals surface area contributed by atoms with Gasteiger partial charge in [0.05, 0.1) is 16.6 Å². The molecule has 0 saturated carbocycles. The Bertz CT molecular complexity index is 552. The van der Waals surface area contributed by atoms with E-state index in [1.165, 1.54) is 18.3 Å². The van der Waals surface area contributed by atoms with Crippen molar-refractivity contribution in [3.05, 3.63) is 34.0 Å². The predicted octanol–water partition coefficient (Wildman–Crippen LogP) is 1.34. The molecule has 1 heterocycles. The number of aromatic nitrogens is 2. The summed E-state index contributed by atoms with van der Waals surface area (Å²) in [6, 6.07) is 4.62. The van der Waals surface area contributed by atoms with Gasteiger partial charge in [-0.2, -0.15) is 10.4 Å². The van der Waals surface area contributed by atoms with Crippen LogP contribution in [0.3, 0.4) is 0 Å².